The Kier molecular flexibility index (Phi) is 2.91. The molecule has 0 bridgehead atoms. The number of carbonyl (C=O) groups is 1. The van der Waals surface area contributed by atoms with Gasteiger partial charge in [0.25, 0.3) is 0 Å². The molecule has 15 heavy (non-hydrogen) atoms. The number of aromatic nitrogens is 1. The van der Waals surface area contributed by atoms with E-state index in [1.54, 1.807) is 0 Å². The number of aryl methyl sites for hydroxylation is 1. The maximum absolute atomic E-state index is 12.1. The van der Waals surface area contributed by atoms with Crippen LogP contribution in [0.25, 0.3) is 0 Å². The van der Waals surface area contributed by atoms with Crippen molar-refractivity contribution >= 4 is 5.78 Å². The average molecular weight is 207 g/mol. The Morgan fingerprint density at radius 3 is 2.60 bits per heavy atom. The molecule has 0 aliphatic carbocycles. The molecule has 0 atom stereocenters. The topological polar surface area (TPSA) is 42.1 Å². The fraction of sp³-hybridized carbons (Fsp3) is 0.583. The summed E-state index contributed by atoms with van der Waals surface area (Å²) in [5, 5.41) is 0. The van der Waals surface area contributed by atoms with E-state index in [1.165, 1.54) is 0 Å². The molecular weight excluding hydrogens is 190 g/mol. The van der Waals surface area contributed by atoms with E-state index in [0.717, 1.165) is 42.9 Å². The van der Waals surface area contributed by atoms with E-state index in [9.17, 15) is 4.79 Å². The van der Waals surface area contributed by atoms with Gasteiger partial charge in [-0.05, 0) is 37.8 Å². The molecule has 2 heterocycles. The molecular formula is C12H17NO2. The Morgan fingerprint density at radius 1 is 1.40 bits per heavy atom. The van der Waals surface area contributed by atoms with Gasteiger partial charge in [0.1, 0.15) is 0 Å². The number of nitrogens with one attached hydrogen (secondary N) is 1. The fourth-order valence-corrected chi connectivity index (χ4v) is 2.01. The summed E-state index contributed by atoms with van der Waals surface area (Å²) in [5.41, 5.74) is 3.04. The summed E-state index contributed by atoms with van der Waals surface area (Å²) >= 11 is 0. The second kappa shape index (κ2) is 4.19. The quantitative estimate of drug-likeness (QED) is 0.756. The van der Waals surface area contributed by atoms with Gasteiger partial charge in [0, 0.05) is 25.3 Å². The molecule has 0 saturated carbocycles. The molecule has 3 heteroatoms. The molecule has 1 N–H and O–H groups in total. The molecule has 2 rings (SSSR count). The van der Waals surface area contributed by atoms with Gasteiger partial charge < -0.3 is 9.72 Å². The van der Waals surface area contributed by atoms with Crippen molar-refractivity contribution < 1.29 is 9.53 Å². The second-order valence-electron chi connectivity index (χ2n) is 4.22. The van der Waals surface area contributed by atoms with E-state index in [0.29, 0.717) is 0 Å². The monoisotopic (exact) mass is 207 g/mol. The van der Waals surface area contributed by atoms with Gasteiger partial charge in [0.15, 0.2) is 5.78 Å². The van der Waals surface area contributed by atoms with Crippen molar-refractivity contribution in [3.05, 3.63) is 23.0 Å². The molecule has 1 saturated heterocycles. The van der Waals surface area contributed by atoms with Crippen LogP contribution in [0.4, 0.5) is 0 Å². The molecule has 0 aromatic carbocycles. The minimum atomic E-state index is 0.149. The molecule has 1 fully saturated rings. The summed E-state index contributed by atoms with van der Waals surface area (Å²) in [4.78, 5) is 15.2. The first-order chi connectivity index (χ1) is 7.20. The SMILES string of the molecule is Cc1c[nH]c(C(=O)C2CCOCC2)c1C. The highest BCUT2D eigenvalue weighted by atomic mass is 16.5. The van der Waals surface area contributed by atoms with Crippen LogP contribution in [-0.4, -0.2) is 24.0 Å². The Hall–Kier alpha value is -1.09. The van der Waals surface area contributed by atoms with E-state index in [2.05, 4.69) is 4.98 Å². The Bertz CT molecular complexity index is 362. The molecule has 82 valence electrons. The number of aromatic amines is 1. The van der Waals surface area contributed by atoms with Gasteiger partial charge in [0.05, 0.1) is 5.69 Å². The smallest absolute Gasteiger partial charge is 0.182 e. The first-order valence-corrected chi connectivity index (χ1v) is 5.46. The average Bonchev–Trinajstić information content (AvgIpc) is 2.60. The van der Waals surface area contributed by atoms with Crippen molar-refractivity contribution in [1.29, 1.82) is 0 Å². The predicted octanol–water partition coefficient (Wildman–Crippen LogP) is 2.24. The van der Waals surface area contributed by atoms with Gasteiger partial charge in [-0.15, -0.1) is 0 Å². The second-order valence-corrected chi connectivity index (χ2v) is 4.22. The predicted molar refractivity (Wildman–Crippen MR) is 58.1 cm³/mol. The van der Waals surface area contributed by atoms with Crippen molar-refractivity contribution in [2.45, 2.75) is 26.7 Å². The molecule has 3 nitrogen and oxygen atoms in total. The number of ether oxygens (including phenoxy) is 1. The van der Waals surface area contributed by atoms with Gasteiger partial charge in [-0.3, -0.25) is 4.79 Å². The minimum absolute atomic E-state index is 0.149. The highest BCUT2D eigenvalue weighted by Crippen LogP contribution is 2.22. The highest BCUT2D eigenvalue weighted by molar-refractivity contribution is 5.97. The Morgan fingerprint density at radius 2 is 2.07 bits per heavy atom. The number of ketones is 1. The first-order valence-electron chi connectivity index (χ1n) is 5.46. The lowest BCUT2D eigenvalue weighted by Crippen LogP contribution is -2.24. The highest BCUT2D eigenvalue weighted by Gasteiger charge is 2.25. The molecule has 0 unspecified atom stereocenters. The third-order valence-electron chi connectivity index (χ3n) is 3.24. The third kappa shape index (κ3) is 1.97. The van der Waals surface area contributed by atoms with Crippen molar-refractivity contribution in [3.8, 4) is 0 Å². The van der Waals surface area contributed by atoms with E-state index < -0.39 is 0 Å². The molecule has 0 radical (unpaired) electrons. The zero-order valence-electron chi connectivity index (χ0n) is 9.30. The number of hydrogen-bond acceptors (Lipinski definition) is 2. The summed E-state index contributed by atoms with van der Waals surface area (Å²) in [5.74, 6) is 0.402. The van der Waals surface area contributed by atoms with Crippen LogP contribution in [0.5, 0.6) is 0 Å². The lowest BCUT2D eigenvalue weighted by molar-refractivity contribution is 0.0541. The van der Waals surface area contributed by atoms with Crippen LogP contribution in [0, 0.1) is 19.8 Å². The van der Waals surface area contributed by atoms with Gasteiger partial charge in [-0.25, -0.2) is 0 Å². The zero-order chi connectivity index (χ0) is 10.8. The van der Waals surface area contributed by atoms with Gasteiger partial charge in [0.2, 0.25) is 0 Å². The van der Waals surface area contributed by atoms with Crippen molar-refractivity contribution in [3.63, 3.8) is 0 Å². The number of rotatable bonds is 2. The van der Waals surface area contributed by atoms with Crippen LogP contribution in [0.15, 0.2) is 6.20 Å². The van der Waals surface area contributed by atoms with Crippen LogP contribution in [0.3, 0.4) is 0 Å². The third-order valence-corrected chi connectivity index (χ3v) is 3.24. The Labute approximate surface area is 89.8 Å². The van der Waals surface area contributed by atoms with Gasteiger partial charge in [-0.2, -0.15) is 0 Å². The van der Waals surface area contributed by atoms with E-state index >= 15 is 0 Å². The van der Waals surface area contributed by atoms with Crippen molar-refractivity contribution in [2.24, 2.45) is 5.92 Å². The minimum Gasteiger partial charge on any atom is -0.381 e. The van der Waals surface area contributed by atoms with Crippen LogP contribution in [0.1, 0.15) is 34.5 Å². The van der Waals surface area contributed by atoms with Crippen LogP contribution in [-0.2, 0) is 4.74 Å². The maximum atomic E-state index is 12.1. The van der Waals surface area contributed by atoms with E-state index in [4.69, 9.17) is 4.74 Å². The number of carbonyl (C=O) groups excluding carboxylic acids is 1. The number of hydrogen-bond donors (Lipinski definition) is 1. The molecule has 1 aromatic heterocycles. The summed E-state index contributed by atoms with van der Waals surface area (Å²) in [6, 6.07) is 0. The standard InChI is InChI=1S/C12H17NO2/c1-8-7-13-11(9(8)2)12(14)10-3-5-15-6-4-10/h7,10,13H,3-6H2,1-2H3. The maximum Gasteiger partial charge on any atom is 0.182 e. The van der Waals surface area contributed by atoms with Gasteiger partial charge >= 0.3 is 0 Å². The van der Waals surface area contributed by atoms with Crippen LogP contribution in [0.2, 0.25) is 0 Å². The fourth-order valence-electron chi connectivity index (χ4n) is 2.01. The molecule has 0 amide bonds. The number of H-pyrrole nitrogens is 1. The zero-order valence-corrected chi connectivity index (χ0v) is 9.30. The van der Waals surface area contributed by atoms with E-state index in [-0.39, 0.29) is 11.7 Å². The van der Waals surface area contributed by atoms with Crippen molar-refractivity contribution in [2.75, 3.05) is 13.2 Å². The normalized spacial score (nSPS) is 18.0. The summed E-state index contributed by atoms with van der Waals surface area (Å²) in [6.45, 7) is 5.45. The lowest BCUT2D eigenvalue weighted by atomic mass is 9.92. The largest absolute Gasteiger partial charge is 0.381 e. The summed E-state index contributed by atoms with van der Waals surface area (Å²) in [6.07, 6.45) is 3.62. The Balaban J connectivity index is 2.16. The summed E-state index contributed by atoms with van der Waals surface area (Å²) in [7, 11) is 0. The molecule has 1 aliphatic heterocycles. The van der Waals surface area contributed by atoms with Crippen LogP contribution >= 0.6 is 0 Å². The molecule has 0 spiro atoms. The van der Waals surface area contributed by atoms with Crippen molar-refractivity contribution in [1.82, 2.24) is 4.98 Å². The lowest BCUT2D eigenvalue weighted by Gasteiger charge is -2.20. The van der Waals surface area contributed by atoms with Crippen LogP contribution < -0.4 is 0 Å². The molecule has 1 aromatic rings. The number of Topliss-reactive ketones (excluding diaryl/α,β-unsaturated/α-hetero) is 1. The summed E-state index contributed by atoms with van der Waals surface area (Å²) < 4.78 is 5.26. The first kappa shape index (κ1) is 10.4. The molecule has 1 aliphatic rings. The van der Waals surface area contributed by atoms with E-state index in [1.807, 2.05) is 20.0 Å². The van der Waals surface area contributed by atoms with Gasteiger partial charge in [-0.1, -0.05) is 0 Å².